The van der Waals surface area contributed by atoms with Crippen LogP contribution in [-0.2, 0) is 10.0 Å². The van der Waals surface area contributed by atoms with Crippen molar-refractivity contribution in [2.45, 2.75) is 31.6 Å². The number of carbonyl (C=O) groups is 1. The van der Waals surface area contributed by atoms with E-state index < -0.39 is 10.0 Å². The number of hydrogen-bond acceptors (Lipinski definition) is 3. The maximum Gasteiger partial charge on any atom is 0.261 e. The van der Waals surface area contributed by atoms with Gasteiger partial charge in [-0.2, -0.15) is 0 Å². The fourth-order valence-electron chi connectivity index (χ4n) is 3.43. The van der Waals surface area contributed by atoms with E-state index in [0.29, 0.717) is 17.8 Å². The molecular formula is C21H28N3O3S+. The highest BCUT2D eigenvalue weighted by Crippen LogP contribution is 2.22. The predicted octanol–water partition coefficient (Wildman–Crippen LogP) is 1.51. The molecule has 3 rings (SSSR count). The normalized spacial score (nSPS) is 14.8. The van der Waals surface area contributed by atoms with Crippen molar-refractivity contribution in [1.29, 1.82) is 0 Å². The van der Waals surface area contributed by atoms with Crippen molar-refractivity contribution >= 4 is 21.6 Å². The monoisotopic (exact) mass is 402 g/mol. The van der Waals surface area contributed by atoms with E-state index in [9.17, 15) is 13.2 Å². The zero-order valence-electron chi connectivity index (χ0n) is 16.4. The SMILES string of the molecule is Cc1cccc(NS(=O)(=O)c2ccc(C(=O)NCC[NH+]3CCCC3)cc2)c1C. The van der Waals surface area contributed by atoms with Crippen LogP contribution in [0.15, 0.2) is 47.4 Å². The van der Waals surface area contributed by atoms with Gasteiger partial charge in [0.25, 0.3) is 15.9 Å². The van der Waals surface area contributed by atoms with Crippen LogP contribution in [0.5, 0.6) is 0 Å². The molecule has 1 saturated heterocycles. The number of carbonyl (C=O) groups excluding carboxylic acids is 1. The molecule has 1 aliphatic rings. The number of benzene rings is 2. The van der Waals surface area contributed by atoms with Crippen molar-refractivity contribution in [3.05, 3.63) is 59.2 Å². The van der Waals surface area contributed by atoms with Crippen LogP contribution >= 0.6 is 0 Å². The fourth-order valence-corrected chi connectivity index (χ4v) is 4.55. The van der Waals surface area contributed by atoms with Gasteiger partial charge in [0.15, 0.2) is 0 Å². The number of nitrogens with one attached hydrogen (secondary N) is 3. The standard InChI is InChI=1S/C21H27N3O3S/c1-16-6-5-7-20(17(16)2)23-28(26,27)19-10-8-18(9-11-19)21(25)22-12-15-24-13-3-4-14-24/h5-11,23H,3-4,12-15H2,1-2H3,(H,22,25)/p+1. The van der Waals surface area contributed by atoms with Crippen molar-refractivity contribution in [2.75, 3.05) is 30.9 Å². The fraction of sp³-hybridized carbons (Fsp3) is 0.381. The Bertz CT molecular complexity index is 934. The quantitative estimate of drug-likeness (QED) is 0.657. The summed E-state index contributed by atoms with van der Waals surface area (Å²) in [5.41, 5.74) is 2.93. The molecule has 1 heterocycles. The van der Waals surface area contributed by atoms with Gasteiger partial charge in [-0.15, -0.1) is 0 Å². The van der Waals surface area contributed by atoms with Crippen molar-refractivity contribution in [3.8, 4) is 0 Å². The predicted molar refractivity (Wildman–Crippen MR) is 110 cm³/mol. The van der Waals surface area contributed by atoms with E-state index in [0.717, 1.165) is 17.7 Å². The number of rotatable bonds is 7. The number of hydrogen-bond donors (Lipinski definition) is 3. The first-order chi connectivity index (χ1) is 13.4. The Hall–Kier alpha value is -2.38. The van der Waals surface area contributed by atoms with Crippen LogP contribution < -0.4 is 14.9 Å². The highest BCUT2D eigenvalue weighted by atomic mass is 32.2. The molecule has 150 valence electrons. The summed E-state index contributed by atoms with van der Waals surface area (Å²) >= 11 is 0. The molecule has 0 aromatic heterocycles. The van der Waals surface area contributed by atoms with Gasteiger partial charge in [0.2, 0.25) is 0 Å². The molecule has 1 amide bonds. The smallest absolute Gasteiger partial charge is 0.261 e. The van der Waals surface area contributed by atoms with Crippen molar-refractivity contribution < 1.29 is 18.1 Å². The highest BCUT2D eigenvalue weighted by Gasteiger charge is 2.17. The van der Waals surface area contributed by atoms with Crippen LogP contribution in [-0.4, -0.2) is 40.5 Å². The Morgan fingerprint density at radius 3 is 2.39 bits per heavy atom. The Morgan fingerprint density at radius 1 is 1.04 bits per heavy atom. The van der Waals surface area contributed by atoms with E-state index in [1.807, 2.05) is 26.0 Å². The molecule has 28 heavy (non-hydrogen) atoms. The van der Waals surface area contributed by atoms with Crippen molar-refractivity contribution in [1.82, 2.24) is 5.32 Å². The van der Waals surface area contributed by atoms with Gasteiger partial charge in [0.05, 0.1) is 36.8 Å². The molecule has 1 fully saturated rings. The van der Waals surface area contributed by atoms with Gasteiger partial charge >= 0.3 is 0 Å². The number of aryl methyl sites for hydroxylation is 1. The maximum absolute atomic E-state index is 12.7. The van der Waals surface area contributed by atoms with Crippen LogP contribution in [0.4, 0.5) is 5.69 Å². The molecule has 0 radical (unpaired) electrons. The Morgan fingerprint density at radius 2 is 1.71 bits per heavy atom. The molecule has 3 N–H and O–H groups in total. The average Bonchev–Trinajstić information content (AvgIpc) is 3.19. The molecule has 6 nitrogen and oxygen atoms in total. The van der Waals surface area contributed by atoms with Crippen molar-refractivity contribution in [3.63, 3.8) is 0 Å². The van der Waals surface area contributed by atoms with Crippen LogP contribution in [0, 0.1) is 13.8 Å². The second kappa shape index (κ2) is 8.75. The highest BCUT2D eigenvalue weighted by molar-refractivity contribution is 7.92. The second-order valence-corrected chi connectivity index (χ2v) is 9.02. The van der Waals surface area contributed by atoms with Crippen molar-refractivity contribution in [2.24, 2.45) is 0 Å². The first-order valence-electron chi connectivity index (χ1n) is 9.68. The number of anilines is 1. The number of amides is 1. The van der Waals surface area contributed by atoms with Gasteiger partial charge in [0.1, 0.15) is 0 Å². The topological polar surface area (TPSA) is 79.7 Å². The number of quaternary nitrogens is 1. The third-order valence-corrected chi connectivity index (χ3v) is 6.73. The van der Waals surface area contributed by atoms with Gasteiger partial charge in [0, 0.05) is 18.4 Å². The summed E-state index contributed by atoms with van der Waals surface area (Å²) in [6, 6.07) is 11.5. The first-order valence-corrected chi connectivity index (χ1v) is 11.2. The van der Waals surface area contributed by atoms with Crippen LogP contribution in [0.1, 0.15) is 34.3 Å². The molecule has 0 atom stereocenters. The molecule has 1 aliphatic heterocycles. The van der Waals surface area contributed by atoms with E-state index in [1.54, 1.807) is 18.2 Å². The molecular weight excluding hydrogens is 374 g/mol. The zero-order chi connectivity index (χ0) is 20.1. The molecule has 2 aromatic carbocycles. The minimum Gasteiger partial charge on any atom is -0.346 e. The number of likely N-dealkylation sites (tertiary alicyclic amines) is 1. The average molecular weight is 403 g/mol. The lowest BCUT2D eigenvalue weighted by atomic mass is 10.1. The van der Waals surface area contributed by atoms with E-state index in [-0.39, 0.29) is 10.8 Å². The molecule has 7 heteroatoms. The van der Waals surface area contributed by atoms with Gasteiger partial charge < -0.3 is 10.2 Å². The zero-order valence-corrected chi connectivity index (χ0v) is 17.2. The minimum atomic E-state index is -3.71. The number of sulfonamides is 1. The Kier molecular flexibility index (Phi) is 6.36. The lowest BCUT2D eigenvalue weighted by Crippen LogP contribution is -3.10. The lowest BCUT2D eigenvalue weighted by Gasteiger charge is -2.13. The summed E-state index contributed by atoms with van der Waals surface area (Å²) < 4.78 is 27.9. The van der Waals surface area contributed by atoms with Gasteiger partial charge in [-0.1, -0.05) is 12.1 Å². The van der Waals surface area contributed by atoms with Crippen LogP contribution in [0.2, 0.25) is 0 Å². The van der Waals surface area contributed by atoms with E-state index >= 15 is 0 Å². The third kappa shape index (κ3) is 4.91. The minimum absolute atomic E-state index is 0.131. The third-order valence-electron chi connectivity index (χ3n) is 5.35. The first kappa shape index (κ1) is 20.4. The van der Waals surface area contributed by atoms with Crippen LogP contribution in [0.25, 0.3) is 0 Å². The molecule has 0 aliphatic carbocycles. The Labute approximate surface area is 167 Å². The summed E-state index contributed by atoms with van der Waals surface area (Å²) in [4.78, 5) is 13.9. The second-order valence-electron chi connectivity index (χ2n) is 7.34. The lowest BCUT2D eigenvalue weighted by molar-refractivity contribution is -0.886. The molecule has 0 unspecified atom stereocenters. The molecule has 0 saturated carbocycles. The van der Waals surface area contributed by atoms with Gasteiger partial charge in [-0.25, -0.2) is 8.42 Å². The summed E-state index contributed by atoms with van der Waals surface area (Å²) in [5.74, 6) is -0.176. The van der Waals surface area contributed by atoms with Gasteiger partial charge in [-0.05, 0) is 55.3 Å². The largest absolute Gasteiger partial charge is 0.346 e. The summed E-state index contributed by atoms with van der Waals surface area (Å²) in [6.07, 6.45) is 2.52. The van der Waals surface area contributed by atoms with E-state index in [4.69, 9.17) is 0 Å². The summed E-state index contributed by atoms with van der Waals surface area (Å²) in [6.45, 7) is 7.72. The summed E-state index contributed by atoms with van der Waals surface area (Å²) in [7, 11) is -3.71. The molecule has 2 aromatic rings. The van der Waals surface area contributed by atoms with Gasteiger partial charge in [-0.3, -0.25) is 9.52 Å². The van der Waals surface area contributed by atoms with E-state index in [1.165, 1.54) is 43.0 Å². The maximum atomic E-state index is 12.7. The summed E-state index contributed by atoms with van der Waals surface area (Å²) in [5, 5.41) is 2.91. The van der Waals surface area contributed by atoms with E-state index in [2.05, 4.69) is 10.0 Å². The molecule has 0 bridgehead atoms. The molecule has 0 spiro atoms. The Balaban J connectivity index is 1.62. The van der Waals surface area contributed by atoms with Crippen LogP contribution in [0.3, 0.4) is 0 Å².